The predicted molar refractivity (Wildman–Crippen MR) is 94.2 cm³/mol. The van der Waals surface area contributed by atoms with Crippen LogP contribution in [0.1, 0.15) is 34.6 Å². The van der Waals surface area contributed by atoms with Crippen molar-refractivity contribution in [2.24, 2.45) is 0 Å². The van der Waals surface area contributed by atoms with E-state index in [0.717, 1.165) is 11.4 Å². The average Bonchev–Trinajstić information content (AvgIpc) is 2.92. The normalized spacial score (nSPS) is 13.4. The molecule has 2 rings (SSSR count). The lowest BCUT2D eigenvalue weighted by molar-refractivity contribution is -0.907. The Kier molecular flexibility index (Phi) is 5.69. The van der Waals surface area contributed by atoms with E-state index in [1.54, 1.807) is 35.6 Å². The molecule has 0 saturated carbocycles. The van der Waals surface area contributed by atoms with E-state index in [-0.39, 0.29) is 17.7 Å². The molecule has 1 unspecified atom stereocenters. The van der Waals surface area contributed by atoms with Crippen LogP contribution in [-0.2, 0) is 11.3 Å². The summed E-state index contributed by atoms with van der Waals surface area (Å²) >= 11 is 1.73. The largest absolute Gasteiger partial charge is 0.323 e. The number of aryl methyl sites for hydroxylation is 1. The Labute approximate surface area is 141 Å². The number of ketones is 1. The molecule has 1 heterocycles. The number of carbonyl (C=O) groups excluding carboxylic acids is 2. The molecule has 4 nitrogen and oxygen atoms in total. The summed E-state index contributed by atoms with van der Waals surface area (Å²) in [4.78, 5) is 26.1. The Bertz CT molecular complexity index is 691. The van der Waals surface area contributed by atoms with Crippen LogP contribution in [0.3, 0.4) is 0 Å². The summed E-state index contributed by atoms with van der Waals surface area (Å²) in [7, 11) is 2.03. The summed E-state index contributed by atoms with van der Waals surface area (Å²) in [5.41, 5.74) is 2.64. The van der Waals surface area contributed by atoms with Crippen molar-refractivity contribution in [1.29, 1.82) is 0 Å². The molecule has 2 N–H and O–H groups in total. The quantitative estimate of drug-likeness (QED) is 0.798. The van der Waals surface area contributed by atoms with Gasteiger partial charge in [0.2, 0.25) is 0 Å². The van der Waals surface area contributed by atoms with E-state index in [0.29, 0.717) is 11.3 Å². The Morgan fingerprint density at radius 1 is 1.22 bits per heavy atom. The van der Waals surface area contributed by atoms with Gasteiger partial charge in [-0.3, -0.25) is 9.59 Å². The first-order chi connectivity index (χ1) is 10.9. The van der Waals surface area contributed by atoms with Gasteiger partial charge in [0.25, 0.3) is 5.91 Å². The van der Waals surface area contributed by atoms with Crippen LogP contribution >= 0.6 is 11.3 Å². The van der Waals surface area contributed by atoms with Crippen LogP contribution in [0.4, 0.5) is 5.69 Å². The zero-order valence-electron chi connectivity index (χ0n) is 14.0. The molecular weight excluding hydrogens is 308 g/mol. The van der Waals surface area contributed by atoms with E-state index >= 15 is 0 Å². The molecule has 5 heteroatoms. The monoisotopic (exact) mass is 331 g/mol. The lowest BCUT2D eigenvalue weighted by Gasteiger charge is -2.21. The summed E-state index contributed by atoms with van der Waals surface area (Å²) in [5, 5.41) is 5.00. The Hall–Kier alpha value is -1.98. The van der Waals surface area contributed by atoms with Gasteiger partial charge >= 0.3 is 0 Å². The van der Waals surface area contributed by atoms with Gasteiger partial charge in [-0.1, -0.05) is 0 Å². The number of nitrogens with one attached hydrogen (secondary N) is 2. The van der Waals surface area contributed by atoms with E-state index < -0.39 is 0 Å². The highest BCUT2D eigenvalue weighted by Crippen LogP contribution is 2.14. The Morgan fingerprint density at radius 3 is 2.39 bits per heavy atom. The fourth-order valence-electron chi connectivity index (χ4n) is 2.25. The minimum atomic E-state index is -0.163. The standard InChI is InChI=1S/C18H22N2O2S/c1-12-9-10-23-17(12)11-20(4)13(2)18(22)19-16-7-5-15(6-8-16)14(3)21/h5-10,13H,11H2,1-4H3,(H,19,22)/p+1/t13-/m0/s1. The third kappa shape index (κ3) is 4.50. The number of likely N-dealkylation sites (N-methyl/N-ethyl adjacent to an activating group) is 1. The molecular formula is C18H23N2O2S+. The summed E-state index contributed by atoms with van der Waals surface area (Å²) in [6.07, 6.45) is 0. The molecule has 0 fully saturated rings. The van der Waals surface area contributed by atoms with E-state index in [4.69, 9.17) is 0 Å². The zero-order chi connectivity index (χ0) is 17.0. The van der Waals surface area contributed by atoms with Crippen LogP contribution in [-0.4, -0.2) is 24.8 Å². The van der Waals surface area contributed by atoms with Gasteiger partial charge in [0, 0.05) is 11.3 Å². The number of benzene rings is 1. The molecule has 2 atom stereocenters. The van der Waals surface area contributed by atoms with Crippen molar-refractivity contribution in [3.8, 4) is 0 Å². The maximum Gasteiger partial charge on any atom is 0.282 e. The number of Topliss-reactive ketones (excluding diaryl/α,β-unsaturated/α-hetero) is 1. The summed E-state index contributed by atoms with van der Waals surface area (Å²) in [6, 6.07) is 8.93. The number of thiophene rings is 1. The summed E-state index contributed by atoms with van der Waals surface area (Å²) < 4.78 is 0. The van der Waals surface area contributed by atoms with Gasteiger partial charge in [0.05, 0.1) is 11.9 Å². The number of rotatable bonds is 6. The van der Waals surface area contributed by atoms with Gasteiger partial charge in [-0.05, 0) is 62.0 Å². The van der Waals surface area contributed by atoms with Crippen LogP contribution in [0.5, 0.6) is 0 Å². The minimum Gasteiger partial charge on any atom is -0.323 e. The van der Waals surface area contributed by atoms with Crippen molar-refractivity contribution >= 4 is 28.7 Å². The van der Waals surface area contributed by atoms with Gasteiger partial charge in [-0.15, -0.1) is 11.3 Å². The number of hydrogen-bond acceptors (Lipinski definition) is 3. The second kappa shape index (κ2) is 7.53. The third-order valence-electron chi connectivity index (χ3n) is 4.10. The molecule has 0 aliphatic rings. The molecule has 2 aromatic rings. The van der Waals surface area contributed by atoms with Crippen molar-refractivity contribution in [2.45, 2.75) is 33.4 Å². The van der Waals surface area contributed by atoms with Crippen LogP contribution in [0.25, 0.3) is 0 Å². The van der Waals surface area contributed by atoms with Crippen molar-refractivity contribution in [1.82, 2.24) is 0 Å². The number of hydrogen-bond donors (Lipinski definition) is 2. The van der Waals surface area contributed by atoms with Crippen molar-refractivity contribution in [2.75, 3.05) is 12.4 Å². The van der Waals surface area contributed by atoms with Gasteiger partial charge < -0.3 is 10.2 Å². The van der Waals surface area contributed by atoms with Crippen molar-refractivity contribution in [3.05, 3.63) is 51.7 Å². The van der Waals surface area contributed by atoms with Gasteiger partial charge in [0.1, 0.15) is 6.54 Å². The topological polar surface area (TPSA) is 50.6 Å². The molecule has 0 saturated heterocycles. The number of quaternary nitrogens is 1. The molecule has 23 heavy (non-hydrogen) atoms. The maximum atomic E-state index is 12.4. The third-order valence-corrected chi connectivity index (χ3v) is 5.12. The highest BCUT2D eigenvalue weighted by atomic mass is 32.1. The number of carbonyl (C=O) groups is 2. The fraction of sp³-hybridized carbons (Fsp3) is 0.333. The molecule has 1 amide bonds. The lowest BCUT2D eigenvalue weighted by atomic mass is 10.1. The zero-order valence-corrected chi connectivity index (χ0v) is 14.8. The highest BCUT2D eigenvalue weighted by Gasteiger charge is 2.22. The first-order valence-corrected chi connectivity index (χ1v) is 8.53. The first-order valence-electron chi connectivity index (χ1n) is 7.65. The Balaban J connectivity index is 1.96. The predicted octanol–water partition coefficient (Wildman–Crippen LogP) is 2.30. The number of anilines is 1. The molecule has 0 aliphatic carbocycles. The number of amides is 1. The van der Waals surface area contributed by atoms with Crippen LogP contribution in [0.2, 0.25) is 0 Å². The highest BCUT2D eigenvalue weighted by molar-refractivity contribution is 7.10. The van der Waals surface area contributed by atoms with Crippen LogP contribution < -0.4 is 10.2 Å². The van der Waals surface area contributed by atoms with Crippen LogP contribution in [0, 0.1) is 6.92 Å². The van der Waals surface area contributed by atoms with Crippen molar-refractivity contribution < 1.29 is 14.5 Å². The average molecular weight is 331 g/mol. The van der Waals surface area contributed by atoms with Gasteiger partial charge in [-0.2, -0.15) is 0 Å². The molecule has 0 aliphatic heterocycles. The second-order valence-corrected chi connectivity index (χ2v) is 6.90. The molecule has 1 aromatic heterocycles. The van der Waals surface area contributed by atoms with Gasteiger partial charge in [0.15, 0.2) is 11.8 Å². The first kappa shape index (κ1) is 17.4. The fourth-order valence-corrected chi connectivity index (χ4v) is 3.26. The molecule has 122 valence electrons. The minimum absolute atomic E-state index is 0.0201. The second-order valence-electron chi connectivity index (χ2n) is 5.89. The molecule has 0 bridgehead atoms. The maximum absolute atomic E-state index is 12.4. The summed E-state index contributed by atoms with van der Waals surface area (Å²) in [6.45, 7) is 6.39. The molecule has 0 radical (unpaired) electrons. The summed E-state index contributed by atoms with van der Waals surface area (Å²) in [5.74, 6) is -0.000904. The smallest absolute Gasteiger partial charge is 0.282 e. The van der Waals surface area contributed by atoms with Crippen LogP contribution in [0.15, 0.2) is 35.7 Å². The lowest BCUT2D eigenvalue weighted by Crippen LogP contribution is -3.12. The van der Waals surface area contributed by atoms with E-state index in [2.05, 4.69) is 23.7 Å². The van der Waals surface area contributed by atoms with Gasteiger partial charge in [-0.25, -0.2) is 0 Å². The van der Waals surface area contributed by atoms with E-state index in [1.807, 2.05) is 14.0 Å². The Morgan fingerprint density at radius 2 is 1.87 bits per heavy atom. The van der Waals surface area contributed by atoms with E-state index in [1.165, 1.54) is 17.4 Å². The molecule has 0 spiro atoms. The SMILES string of the molecule is CC(=O)c1ccc(NC(=O)[C@H](C)[NH+](C)Cc2sccc2C)cc1. The molecule has 1 aromatic carbocycles. The van der Waals surface area contributed by atoms with Crippen molar-refractivity contribution in [3.63, 3.8) is 0 Å². The van der Waals surface area contributed by atoms with E-state index in [9.17, 15) is 9.59 Å².